The van der Waals surface area contributed by atoms with Gasteiger partial charge >= 0.3 is 21.7 Å². The van der Waals surface area contributed by atoms with Gasteiger partial charge in [-0.15, -0.1) is 0 Å². The van der Waals surface area contributed by atoms with E-state index in [1.807, 2.05) is 109 Å². The van der Waals surface area contributed by atoms with Crippen LogP contribution in [-0.2, 0) is 21.7 Å². The summed E-state index contributed by atoms with van der Waals surface area (Å²) in [6.45, 7) is 0. The van der Waals surface area contributed by atoms with Crippen molar-refractivity contribution in [3.05, 3.63) is 109 Å². The molecular weight excluding hydrogens is 411 g/mol. The summed E-state index contributed by atoms with van der Waals surface area (Å²) in [4.78, 5) is 0. The first-order chi connectivity index (χ1) is 11.9. The van der Waals surface area contributed by atoms with Crippen molar-refractivity contribution in [2.75, 3.05) is 0 Å². The van der Waals surface area contributed by atoms with E-state index in [1.54, 1.807) is 0 Å². The van der Waals surface area contributed by atoms with Crippen LogP contribution in [0.15, 0.2) is 109 Å². The monoisotopic (exact) mass is 429 g/mol. The second-order valence-corrected chi connectivity index (χ2v) is 5.40. The van der Waals surface area contributed by atoms with Gasteiger partial charge in [-0.2, -0.15) is 18.2 Å². The largest absolute Gasteiger partial charge is 3.00 e. The average molecular weight is 430 g/mol. The van der Waals surface area contributed by atoms with Crippen molar-refractivity contribution < 1.29 is 51.6 Å². The van der Waals surface area contributed by atoms with E-state index in [9.17, 15) is 5.11 Å². The number of rotatable bonds is 2. The number of hydrogen-bond donors (Lipinski definition) is 1. The Bertz CT molecular complexity index is 789. The van der Waals surface area contributed by atoms with Crippen molar-refractivity contribution >= 4 is 0 Å². The van der Waals surface area contributed by atoms with Crippen molar-refractivity contribution in [3.63, 3.8) is 0 Å². The van der Waals surface area contributed by atoms with E-state index >= 15 is 0 Å². The van der Waals surface area contributed by atoms with Crippen molar-refractivity contribution in [3.8, 4) is 28.0 Å². The van der Waals surface area contributed by atoms with Crippen LogP contribution in [0.25, 0.3) is 22.3 Å². The van der Waals surface area contributed by atoms with Crippen molar-refractivity contribution in [2.24, 2.45) is 0 Å². The second-order valence-electron chi connectivity index (χ2n) is 5.40. The summed E-state index contributed by atoms with van der Waals surface area (Å²) in [5.74, 6) is 0.333. The van der Waals surface area contributed by atoms with Gasteiger partial charge in [-0.25, -0.2) is 12.1 Å². The predicted octanol–water partition coefficient (Wildman–Crippen LogP) is 0.137. The third-order valence-corrected chi connectivity index (χ3v) is 3.76. The number of hydrogen-bond acceptors (Lipinski definition) is 1. The molecule has 0 saturated carbocycles. The Hall–Kier alpha value is -1.90. The third kappa shape index (κ3) is 6.97. The van der Waals surface area contributed by atoms with Gasteiger partial charge in [0.25, 0.3) is 0 Å². The van der Waals surface area contributed by atoms with Crippen molar-refractivity contribution in [1.29, 1.82) is 0 Å². The van der Waals surface area contributed by atoms with Gasteiger partial charge in [-0.3, -0.25) is 0 Å². The van der Waals surface area contributed by atoms with Gasteiger partial charge in [0.05, 0.1) is 0 Å². The molecular formula is C23H19Cl2OTi. The molecule has 135 valence electrons. The minimum absolute atomic E-state index is 0. The van der Waals surface area contributed by atoms with E-state index in [2.05, 4.69) is 0 Å². The van der Waals surface area contributed by atoms with E-state index in [4.69, 9.17) is 0 Å². The van der Waals surface area contributed by atoms with Crippen LogP contribution in [0.3, 0.4) is 0 Å². The van der Waals surface area contributed by atoms with Crippen molar-refractivity contribution in [1.82, 2.24) is 0 Å². The molecule has 1 N–H and O–H groups in total. The Kier molecular flexibility index (Phi) is 12.4. The molecule has 4 aromatic carbocycles. The van der Waals surface area contributed by atoms with Crippen LogP contribution in [0.2, 0.25) is 0 Å². The van der Waals surface area contributed by atoms with Crippen LogP contribution in [0.4, 0.5) is 0 Å². The molecule has 0 fully saturated rings. The Labute approximate surface area is 188 Å². The standard InChI is InChI=1S/C18H14O.C5H5.2ClH.Ti/c19-18-16(14-8-3-1-4-9-14)12-7-13-17(18)15-10-5-2-6-11-15;1-2-4-5-3-1;;;/h1-13,19H;1-5H;2*1H;/q;-1;;;+3/p-2. The average Bonchev–Trinajstić information content (AvgIpc) is 3.23. The van der Waals surface area contributed by atoms with E-state index in [0.717, 1.165) is 22.3 Å². The summed E-state index contributed by atoms with van der Waals surface area (Å²) in [6.07, 6.45) is 0. The molecule has 0 saturated heterocycles. The number of para-hydroxylation sites is 1. The number of halogens is 2. The predicted molar refractivity (Wildman–Crippen MR) is 101 cm³/mol. The summed E-state index contributed by atoms with van der Waals surface area (Å²) in [7, 11) is 0. The van der Waals surface area contributed by atoms with E-state index in [0.29, 0.717) is 5.75 Å². The van der Waals surface area contributed by atoms with Gasteiger partial charge < -0.3 is 29.9 Å². The van der Waals surface area contributed by atoms with Crippen LogP contribution in [0, 0.1) is 0 Å². The first-order valence-electron chi connectivity index (χ1n) is 7.96. The Morgan fingerprint density at radius 3 is 1.26 bits per heavy atom. The Balaban J connectivity index is 0.000000742. The van der Waals surface area contributed by atoms with Gasteiger partial charge in [0.2, 0.25) is 0 Å². The molecule has 0 unspecified atom stereocenters. The fraction of sp³-hybridized carbons (Fsp3) is 0. The molecule has 0 aliphatic carbocycles. The second kappa shape index (κ2) is 13.3. The van der Waals surface area contributed by atoms with Gasteiger partial charge in [0, 0.05) is 11.1 Å². The first-order valence-corrected chi connectivity index (χ1v) is 7.96. The molecule has 0 aromatic heterocycles. The number of phenolic OH excluding ortho intramolecular Hbond substituents is 1. The molecule has 4 rings (SSSR count). The first kappa shape index (κ1) is 25.1. The van der Waals surface area contributed by atoms with E-state index < -0.39 is 0 Å². The van der Waals surface area contributed by atoms with Crippen LogP contribution < -0.4 is 24.8 Å². The molecule has 0 heterocycles. The van der Waals surface area contributed by atoms with Crippen LogP contribution in [0.1, 0.15) is 0 Å². The zero-order valence-electron chi connectivity index (χ0n) is 14.6. The maximum Gasteiger partial charge on any atom is 3.00 e. The van der Waals surface area contributed by atoms with Gasteiger partial charge in [-0.05, 0) is 11.1 Å². The topological polar surface area (TPSA) is 20.2 Å². The van der Waals surface area contributed by atoms with Crippen LogP contribution in [-0.4, -0.2) is 5.11 Å². The smallest absolute Gasteiger partial charge is 1.00 e. The molecule has 4 heteroatoms. The molecule has 1 radical (unpaired) electrons. The van der Waals surface area contributed by atoms with Crippen molar-refractivity contribution in [2.45, 2.75) is 0 Å². The summed E-state index contributed by atoms with van der Waals surface area (Å²) in [5, 5.41) is 10.5. The molecule has 0 atom stereocenters. The van der Waals surface area contributed by atoms with E-state index in [1.165, 1.54) is 0 Å². The molecule has 1 nitrogen and oxygen atoms in total. The minimum Gasteiger partial charge on any atom is -1.00 e. The fourth-order valence-electron chi connectivity index (χ4n) is 2.57. The minimum atomic E-state index is 0. The molecule has 0 amide bonds. The summed E-state index contributed by atoms with van der Waals surface area (Å²) in [6, 6.07) is 35.7. The summed E-state index contributed by atoms with van der Waals surface area (Å²) < 4.78 is 0. The van der Waals surface area contributed by atoms with Crippen LogP contribution in [0.5, 0.6) is 5.75 Å². The molecule has 27 heavy (non-hydrogen) atoms. The number of phenols is 1. The third-order valence-electron chi connectivity index (χ3n) is 3.76. The van der Waals surface area contributed by atoms with E-state index in [-0.39, 0.29) is 46.5 Å². The number of aromatic hydroxyl groups is 1. The maximum atomic E-state index is 10.5. The molecule has 0 bridgehead atoms. The quantitative estimate of drug-likeness (QED) is 0.355. The van der Waals surface area contributed by atoms with Gasteiger partial charge in [0.1, 0.15) is 5.75 Å². The Morgan fingerprint density at radius 2 is 0.926 bits per heavy atom. The maximum absolute atomic E-state index is 10.5. The summed E-state index contributed by atoms with van der Waals surface area (Å²) in [5.41, 5.74) is 3.78. The Morgan fingerprint density at radius 1 is 0.519 bits per heavy atom. The number of benzene rings is 3. The SMILES string of the molecule is Oc1c(-c2ccccc2)cccc1-c1ccccc1.[Cl-].[Cl-].[Ti+3].c1cc[cH-]c1. The molecule has 0 aliphatic rings. The molecule has 4 aromatic rings. The zero-order valence-corrected chi connectivity index (χ0v) is 17.7. The van der Waals surface area contributed by atoms with Gasteiger partial charge in [0.15, 0.2) is 0 Å². The van der Waals surface area contributed by atoms with Crippen LogP contribution >= 0.6 is 0 Å². The molecule has 0 spiro atoms. The van der Waals surface area contributed by atoms with Gasteiger partial charge in [-0.1, -0.05) is 78.9 Å². The summed E-state index contributed by atoms with van der Waals surface area (Å²) >= 11 is 0. The fourth-order valence-corrected chi connectivity index (χ4v) is 2.57. The zero-order chi connectivity index (χ0) is 16.6. The molecule has 0 aliphatic heterocycles. The normalized spacial score (nSPS) is 8.74.